The second-order valence-electron chi connectivity index (χ2n) is 5.22. The van der Waals surface area contributed by atoms with Crippen LogP contribution in [0, 0.1) is 0 Å². The highest BCUT2D eigenvalue weighted by molar-refractivity contribution is 5.21. The van der Waals surface area contributed by atoms with E-state index in [0.29, 0.717) is 11.7 Å². The fraction of sp³-hybridized carbons (Fsp3) is 0.467. The first kappa shape index (κ1) is 13.3. The van der Waals surface area contributed by atoms with E-state index < -0.39 is 0 Å². The number of hydrogen-bond acceptors (Lipinski definition) is 5. The molecule has 0 bridgehead atoms. The number of aromatic nitrogens is 2. The lowest BCUT2D eigenvalue weighted by molar-refractivity contribution is 0.103. The van der Waals surface area contributed by atoms with Crippen LogP contribution in [0.2, 0.25) is 0 Å². The maximum atomic E-state index is 6.27. The van der Waals surface area contributed by atoms with Gasteiger partial charge in [-0.25, -0.2) is 0 Å². The molecule has 5 heteroatoms. The predicted molar refractivity (Wildman–Crippen MR) is 74.0 cm³/mol. The fourth-order valence-corrected chi connectivity index (χ4v) is 2.46. The molecule has 1 aliphatic heterocycles. The molecule has 1 saturated heterocycles. The average molecular weight is 273 g/mol. The van der Waals surface area contributed by atoms with Crippen molar-refractivity contribution in [3.63, 3.8) is 0 Å². The van der Waals surface area contributed by atoms with Gasteiger partial charge in [0, 0.05) is 12.6 Å². The molecule has 5 nitrogen and oxygen atoms in total. The van der Waals surface area contributed by atoms with Crippen molar-refractivity contribution in [3.8, 4) is 0 Å². The first-order valence-electron chi connectivity index (χ1n) is 7.01. The molecule has 0 amide bonds. The fourth-order valence-electron chi connectivity index (χ4n) is 2.46. The molecule has 0 radical (unpaired) electrons. The first-order valence-corrected chi connectivity index (χ1v) is 7.01. The Morgan fingerprint density at radius 2 is 2.10 bits per heavy atom. The molecule has 0 spiro atoms. The first-order chi connectivity index (χ1) is 9.75. The number of hydrogen-bond donors (Lipinski definition) is 1. The summed E-state index contributed by atoms with van der Waals surface area (Å²) in [5.41, 5.74) is 7.34. The standard InChI is InChI=1S/C15H19N3O2/c1-10(13(16)11-6-3-2-4-7-11)15-17-14(18-20-15)12-8-5-9-19-12/h2-4,6-7,10,12-13H,5,8-9,16H2,1H3. The van der Waals surface area contributed by atoms with Gasteiger partial charge in [-0.05, 0) is 18.4 Å². The summed E-state index contributed by atoms with van der Waals surface area (Å²) < 4.78 is 10.9. The molecule has 1 aromatic heterocycles. The summed E-state index contributed by atoms with van der Waals surface area (Å²) in [6.07, 6.45) is 1.98. The number of rotatable bonds is 4. The normalized spacial score (nSPS) is 21.8. The largest absolute Gasteiger partial charge is 0.370 e. The van der Waals surface area contributed by atoms with E-state index in [1.54, 1.807) is 0 Å². The zero-order chi connectivity index (χ0) is 13.9. The van der Waals surface area contributed by atoms with Crippen LogP contribution < -0.4 is 5.73 Å². The second-order valence-corrected chi connectivity index (χ2v) is 5.22. The zero-order valence-corrected chi connectivity index (χ0v) is 11.5. The highest BCUT2D eigenvalue weighted by atomic mass is 16.5. The molecule has 20 heavy (non-hydrogen) atoms. The van der Waals surface area contributed by atoms with Crippen LogP contribution in [0.15, 0.2) is 34.9 Å². The lowest BCUT2D eigenvalue weighted by Crippen LogP contribution is -2.18. The lowest BCUT2D eigenvalue weighted by Gasteiger charge is -2.16. The van der Waals surface area contributed by atoms with Gasteiger partial charge < -0.3 is 15.0 Å². The summed E-state index contributed by atoms with van der Waals surface area (Å²) >= 11 is 0. The van der Waals surface area contributed by atoms with Crippen molar-refractivity contribution in [2.75, 3.05) is 6.61 Å². The van der Waals surface area contributed by atoms with Crippen LogP contribution in [0.25, 0.3) is 0 Å². The molecule has 1 fully saturated rings. The lowest BCUT2D eigenvalue weighted by atomic mass is 9.95. The molecule has 3 rings (SSSR count). The molecule has 0 saturated carbocycles. The third-order valence-corrected chi connectivity index (χ3v) is 3.79. The van der Waals surface area contributed by atoms with Gasteiger partial charge in [0.2, 0.25) is 11.7 Å². The summed E-state index contributed by atoms with van der Waals surface area (Å²) in [5.74, 6) is 1.19. The van der Waals surface area contributed by atoms with Crippen molar-refractivity contribution in [1.29, 1.82) is 0 Å². The molecule has 2 N–H and O–H groups in total. The van der Waals surface area contributed by atoms with E-state index in [4.69, 9.17) is 15.0 Å². The van der Waals surface area contributed by atoms with Gasteiger partial charge in [0.1, 0.15) is 6.10 Å². The van der Waals surface area contributed by atoms with Crippen LogP contribution in [0.5, 0.6) is 0 Å². The van der Waals surface area contributed by atoms with Crippen LogP contribution in [0.1, 0.15) is 55.1 Å². The Morgan fingerprint density at radius 3 is 2.80 bits per heavy atom. The molecule has 106 valence electrons. The van der Waals surface area contributed by atoms with Crippen molar-refractivity contribution in [2.45, 2.75) is 37.8 Å². The minimum atomic E-state index is -0.158. The van der Waals surface area contributed by atoms with Crippen molar-refractivity contribution in [3.05, 3.63) is 47.6 Å². The van der Waals surface area contributed by atoms with E-state index in [9.17, 15) is 0 Å². The van der Waals surface area contributed by atoms with Crippen LogP contribution in [-0.2, 0) is 4.74 Å². The van der Waals surface area contributed by atoms with Gasteiger partial charge in [-0.3, -0.25) is 0 Å². The van der Waals surface area contributed by atoms with Crippen LogP contribution in [0.3, 0.4) is 0 Å². The second kappa shape index (κ2) is 5.73. The molecule has 3 atom stereocenters. The van der Waals surface area contributed by atoms with Gasteiger partial charge in [0.05, 0.1) is 5.92 Å². The Labute approximate surface area is 118 Å². The van der Waals surface area contributed by atoms with Gasteiger partial charge in [-0.15, -0.1) is 0 Å². The van der Waals surface area contributed by atoms with Gasteiger partial charge in [0.15, 0.2) is 0 Å². The molecule has 2 heterocycles. The third kappa shape index (κ3) is 2.59. The maximum absolute atomic E-state index is 6.27. The molecular formula is C15H19N3O2. The van der Waals surface area contributed by atoms with Crippen molar-refractivity contribution >= 4 is 0 Å². The Morgan fingerprint density at radius 1 is 1.30 bits per heavy atom. The van der Waals surface area contributed by atoms with Crippen molar-refractivity contribution in [1.82, 2.24) is 10.1 Å². The smallest absolute Gasteiger partial charge is 0.231 e. The molecule has 2 aromatic rings. The Kier molecular flexibility index (Phi) is 3.80. The summed E-state index contributed by atoms with van der Waals surface area (Å²) in [6.45, 7) is 2.78. The SMILES string of the molecule is CC(c1nc(C2CCCO2)no1)C(N)c1ccccc1. The Bertz CT molecular complexity index is 549. The number of nitrogens with zero attached hydrogens (tertiary/aromatic N) is 2. The minimum absolute atomic E-state index is 0.0207. The van der Waals surface area contributed by atoms with Crippen LogP contribution in [0.4, 0.5) is 0 Å². The number of ether oxygens (including phenoxy) is 1. The van der Waals surface area contributed by atoms with E-state index in [1.807, 2.05) is 37.3 Å². The van der Waals surface area contributed by atoms with Gasteiger partial charge in [0.25, 0.3) is 0 Å². The average Bonchev–Trinajstić information content (AvgIpc) is 3.17. The number of nitrogens with two attached hydrogens (primary N) is 1. The van der Waals surface area contributed by atoms with Crippen molar-refractivity contribution in [2.24, 2.45) is 5.73 Å². The molecule has 3 unspecified atom stereocenters. The summed E-state index contributed by atoms with van der Waals surface area (Å²) in [4.78, 5) is 4.46. The van der Waals surface area contributed by atoms with Crippen molar-refractivity contribution < 1.29 is 9.26 Å². The quantitative estimate of drug-likeness (QED) is 0.927. The van der Waals surface area contributed by atoms with E-state index >= 15 is 0 Å². The van der Waals surface area contributed by atoms with E-state index in [-0.39, 0.29) is 18.1 Å². The molecular weight excluding hydrogens is 254 g/mol. The number of benzene rings is 1. The highest BCUT2D eigenvalue weighted by Crippen LogP contribution is 2.30. The Balaban J connectivity index is 1.75. The summed E-state index contributed by atoms with van der Waals surface area (Å²) in [7, 11) is 0. The highest BCUT2D eigenvalue weighted by Gasteiger charge is 2.27. The van der Waals surface area contributed by atoms with Gasteiger partial charge in [-0.1, -0.05) is 42.4 Å². The van der Waals surface area contributed by atoms with E-state index in [2.05, 4.69) is 10.1 Å². The molecule has 1 aliphatic rings. The molecule has 0 aliphatic carbocycles. The third-order valence-electron chi connectivity index (χ3n) is 3.79. The van der Waals surface area contributed by atoms with Crippen LogP contribution >= 0.6 is 0 Å². The van der Waals surface area contributed by atoms with E-state index in [0.717, 1.165) is 25.0 Å². The molecule has 1 aromatic carbocycles. The van der Waals surface area contributed by atoms with E-state index in [1.165, 1.54) is 0 Å². The zero-order valence-electron chi connectivity index (χ0n) is 11.5. The Hall–Kier alpha value is -1.72. The van der Waals surface area contributed by atoms with Gasteiger partial charge in [-0.2, -0.15) is 4.98 Å². The summed E-state index contributed by atoms with van der Waals surface area (Å²) in [5, 5.41) is 4.03. The topological polar surface area (TPSA) is 74.2 Å². The predicted octanol–water partition coefficient (Wildman–Crippen LogP) is 2.72. The monoisotopic (exact) mass is 273 g/mol. The van der Waals surface area contributed by atoms with Crippen LogP contribution in [-0.4, -0.2) is 16.7 Å². The minimum Gasteiger partial charge on any atom is -0.370 e. The summed E-state index contributed by atoms with van der Waals surface area (Å²) in [6, 6.07) is 9.80. The van der Waals surface area contributed by atoms with Gasteiger partial charge >= 0.3 is 0 Å². The maximum Gasteiger partial charge on any atom is 0.231 e.